The maximum absolute atomic E-state index is 5.04. The normalized spacial score (nSPS) is 9.62. The van der Waals surface area contributed by atoms with E-state index in [9.17, 15) is 0 Å². The fourth-order valence-corrected chi connectivity index (χ4v) is 0.630. The molecule has 0 aliphatic rings. The van der Waals surface area contributed by atoms with Crippen LogP contribution in [0.25, 0.3) is 0 Å². The lowest BCUT2D eigenvalue weighted by Crippen LogP contribution is -2.77. The highest BCUT2D eigenvalue weighted by molar-refractivity contribution is 4.95. The lowest BCUT2D eigenvalue weighted by molar-refractivity contribution is -0.645. The van der Waals surface area contributed by atoms with Gasteiger partial charge in [0.25, 0.3) is 0 Å². The van der Waals surface area contributed by atoms with Gasteiger partial charge in [0.15, 0.2) is 5.76 Å². The third kappa shape index (κ3) is 1.10. The van der Waals surface area contributed by atoms with Crippen LogP contribution >= 0.6 is 0 Å². The van der Waals surface area contributed by atoms with Gasteiger partial charge in [-0.05, 0) is 12.1 Å². The zero-order valence-corrected chi connectivity index (χ0v) is 4.92. The third-order valence-electron chi connectivity index (χ3n) is 0.985. The lowest BCUT2D eigenvalue weighted by atomic mass is 10.4. The summed E-state index contributed by atoms with van der Waals surface area (Å²) in [5.41, 5.74) is 0. The Labute approximate surface area is 48.5 Å². The van der Waals surface area contributed by atoms with Gasteiger partial charge in [0.1, 0.15) is 6.54 Å². The molecule has 2 heteroatoms. The van der Waals surface area contributed by atoms with Gasteiger partial charge >= 0.3 is 0 Å². The molecule has 1 aromatic rings. The molecule has 1 heterocycles. The Morgan fingerprint density at radius 3 is 3.12 bits per heavy atom. The van der Waals surface area contributed by atoms with Gasteiger partial charge in [0, 0.05) is 0 Å². The Morgan fingerprint density at radius 2 is 2.62 bits per heavy atom. The van der Waals surface area contributed by atoms with E-state index in [1.54, 1.807) is 6.26 Å². The Hall–Kier alpha value is -0.760. The molecule has 0 aromatic carbocycles. The summed E-state index contributed by atoms with van der Waals surface area (Å²) in [5, 5.41) is 2.07. The number of furan rings is 1. The Kier molecular flexibility index (Phi) is 1.70. The van der Waals surface area contributed by atoms with Gasteiger partial charge in [-0.25, -0.2) is 0 Å². The molecule has 0 amide bonds. The molecular formula is C6H10NO+. The highest BCUT2D eigenvalue weighted by Crippen LogP contribution is 1.94. The van der Waals surface area contributed by atoms with Gasteiger partial charge in [-0.15, -0.1) is 0 Å². The standard InChI is InChI=1S/C6H9NO/c1-7-5-6-3-2-4-8-6/h2-4,7H,5H2,1H3/p+1. The largest absolute Gasteiger partial charge is 0.463 e. The topological polar surface area (TPSA) is 29.8 Å². The van der Waals surface area contributed by atoms with Crippen molar-refractivity contribution in [1.29, 1.82) is 0 Å². The molecule has 0 fully saturated rings. The van der Waals surface area contributed by atoms with Gasteiger partial charge in [0.2, 0.25) is 0 Å². The van der Waals surface area contributed by atoms with E-state index in [2.05, 4.69) is 5.32 Å². The Morgan fingerprint density at radius 1 is 1.75 bits per heavy atom. The van der Waals surface area contributed by atoms with Crippen molar-refractivity contribution in [3.05, 3.63) is 24.2 Å². The first-order valence-corrected chi connectivity index (χ1v) is 2.73. The van der Waals surface area contributed by atoms with Crippen molar-refractivity contribution in [2.45, 2.75) is 6.54 Å². The molecule has 1 rings (SSSR count). The monoisotopic (exact) mass is 112 g/mol. The molecule has 8 heavy (non-hydrogen) atoms. The number of quaternary nitrogens is 1. The van der Waals surface area contributed by atoms with Crippen molar-refractivity contribution in [2.24, 2.45) is 0 Å². The molecule has 0 atom stereocenters. The quantitative estimate of drug-likeness (QED) is 0.572. The van der Waals surface area contributed by atoms with Gasteiger partial charge in [-0.2, -0.15) is 0 Å². The molecule has 0 aliphatic heterocycles. The van der Waals surface area contributed by atoms with E-state index >= 15 is 0 Å². The fraction of sp³-hybridized carbons (Fsp3) is 0.333. The molecule has 0 radical (unpaired) electrons. The molecule has 0 unspecified atom stereocenters. The van der Waals surface area contributed by atoms with Crippen LogP contribution in [0.15, 0.2) is 22.8 Å². The minimum atomic E-state index is 0.938. The summed E-state index contributed by atoms with van der Waals surface area (Å²) < 4.78 is 5.04. The lowest BCUT2D eigenvalue weighted by Gasteiger charge is -1.86. The SMILES string of the molecule is C[NH2+]Cc1ccco1. The zero-order chi connectivity index (χ0) is 5.82. The van der Waals surface area contributed by atoms with Crippen LogP contribution in [0.2, 0.25) is 0 Å². The second kappa shape index (κ2) is 2.52. The molecule has 2 N–H and O–H groups in total. The van der Waals surface area contributed by atoms with Crippen molar-refractivity contribution in [1.82, 2.24) is 0 Å². The molecule has 2 nitrogen and oxygen atoms in total. The molecule has 0 bridgehead atoms. The van der Waals surface area contributed by atoms with Gasteiger partial charge in [-0.1, -0.05) is 0 Å². The van der Waals surface area contributed by atoms with Gasteiger partial charge < -0.3 is 9.73 Å². The highest BCUT2D eigenvalue weighted by Gasteiger charge is 1.91. The zero-order valence-electron chi connectivity index (χ0n) is 4.92. The second-order valence-corrected chi connectivity index (χ2v) is 1.69. The molecule has 0 saturated heterocycles. The summed E-state index contributed by atoms with van der Waals surface area (Å²) in [6, 6.07) is 3.87. The molecule has 0 aliphatic carbocycles. The Balaban J connectivity index is 2.50. The van der Waals surface area contributed by atoms with Gasteiger partial charge in [0.05, 0.1) is 13.3 Å². The minimum Gasteiger partial charge on any atom is -0.463 e. The van der Waals surface area contributed by atoms with Crippen LogP contribution in [0, 0.1) is 0 Å². The maximum atomic E-state index is 5.04. The van der Waals surface area contributed by atoms with E-state index in [1.165, 1.54) is 0 Å². The van der Waals surface area contributed by atoms with Gasteiger partial charge in [-0.3, -0.25) is 0 Å². The fourth-order valence-electron chi connectivity index (χ4n) is 0.630. The summed E-state index contributed by atoms with van der Waals surface area (Å²) in [6.07, 6.45) is 1.69. The van der Waals surface area contributed by atoms with E-state index in [4.69, 9.17) is 4.42 Å². The number of hydrogen-bond acceptors (Lipinski definition) is 1. The molecule has 44 valence electrons. The predicted octanol–water partition coefficient (Wildman–Crippen LogP) is -0.0272. The number of hydrogen-bond donors (Lipinski definition) is 1. The second-order valence-electron chi connectivity index (χ2n) is 1.69. The average molecular weight is 112 g/mol. The van der Waals surface area contributed by atoms with Crippen molar-refractivity contribution in [3.63, 3.8) is 0 Å². The molecule has 0 saturated carbocycles. The van der Waals surface area contributed by atoms with Crippen molar-refractivity contribution < 1.29 is 9.73 Å². The minimum absolute atomic E-state index is 0.938. The van der Waals surface area contributed by atoms with Crippen LogP contribution in [0.4, 0.5) is 0 Å². The van der Waals surface area contributed by atoms with E-state index in [0.29, 0.717) is 0 Å². The number of nitrogens with two attached hydrogens (primary N) is 1. The first-order chi connectivity index (χ1) is 3.93. The summed E-state index contributed by atoms with van der Waals surface area (Å²) in [7, 11) is 2.02. The van der Waals surface area contributed by atoms with Crippen molar-refractivity contribution in [3.8, 4) is 0 Å². The maximum Gasteiger partial charge on any atom is 0.157 e. The first-order valence-electron chi connectivity index (χ1n) is 2.73. The van der Waals surface area contributed by atoms with Crippen LogP contribution in [-0.4, -0.2) is 7.05 Å². The average Bonchev–Trinajstić information content (AvgIpc) is 2.19. The first kappa shape index (κ1) is 5.38. The van der Waals surface area contributed by atoms with Crippen LogP contribution < -0.4 is 5.32 Å². The van der Waals surface area contributed by atoms with E-state index in [1.807, 2.05) is 19.2 Å². The molecule has 0 spiro atoms. The molecular weight excluding hydrogens is 102 g/mol. The van der Waals surface area contributed by atoms with E-state index in [-0.39, 0.29) is 0 Å². The van der Waals surface area contributed by atoms with Crippen LogP contribution in [0.3, 0.4) is 0 Å². The summed E-state index contributed by atoms with van der Waals surface area (Å²) in [6.45, 7) is 0.938. The van der Waals surface area contributed by atoms with Crippen LogP contribution in [0.1, 0.15) is 5.76 Å². The summed E-state index contributed by atoms with van der Waals surface area (Å²) >= 11 is 0. The van der Waals surface area contributed by atoms with Crippen LogP contribution in [-0.2, 0) is 6.54 Å². The molecule has 1 aromatic heterocycles. The summed E-state index contributed by atoms with van der Waals surface area (Å²) in [4.78, 5) is 0. The van der Waals surface area contributed by atoms with Crippen molar-refractivity contribution >= 4 is 0 Å². The van der Waals surface area contributed by atoms with Crippen LogP contribution in [0.5, 0.6) is 0 Å². The van der Waals surface area contributed by atoms with E-state index in [0.717, 1.165) is 12.3 Å². The smallest absolute Gasteiger partial charge is 0.157 e. The Bertz CT molecular complexity index is 134. The van der Waals surface area contributed by atoms with Crippen molar-refractivity contribution in [2.75, 3.05) is 7.05 Å². The van der Waals surface area contributed by atoms with E-state index < -0.39 is 0 Å². The number of rotatable bonds is 2. The highest BCUT2D eigenvalue weighted by atomic mass is 16.3. The summed E-state index contributed by atoms with van der Waals surface area (Å²) in [5.74, 6) is 1.03. The predicted molar refractivity (Wildman–Crippen MR) is 30.3 cm³/mol. The third-order valence-corrected chi connectivity index (χ3v) is 0.985.